The van der Waals surface area contributed by atoms with Crippen LogP contribution in [-0.2, 0) is 4.79 Å². The van der Waals surface area contributed by atoms with E-state index >= 15 is 0 Å². The summed E-state index contributed by atoms with van der Waals surface area (Å²) < 4.78 is 0. The lowest BCUT2D eigenvalue weighted by Gasteiger charge is -2.12. The Kier molecular flexibility index (Phi) is 3.13. The molecule has 0 aromatic rings. The minimum Gasteiger partial charge on any atom is -0.378 e. The molecule has 0 aromatic carbocycles. The molecule has 0 spiro atoms. The van der Waals surface area contributed by atoms with Crippen molar-refractivity contribution >= 4 is 5.78 Å². The van der Waals surface area contributed by atoms with Gasteiger partial charge >= 0.3 is 0 Å². The van der Waals surface area contributed by atoms with Crippen molar-refractivity contribution in [1.29, 1.82) is 0 Å². The summed E-state index contributed by atoms with van der Waals surface area (Å²) in [6.45, 7) is 5.09. The highest BCUT2D eigenvalue weighted by atomic mass is 16.3. The number of allylic oxidation sites excluding steroid dienone is 2. The molecule has 0 fully saturated rings. The molecule has 0 unspecified atom stereocenters. The van der Waals surface area contributed by atoms with Crippen LogP contribution in [-0.4, -0.2) is 16.5 Å². The minimum absolute atomic E-state index is 0.191. The lowest BCUT2D eigenvalue weighted by Crippen LogP contribution is -2.15. The number of hydrogen-bond acceptors (Lipinski definition) is 2. The van der Waals surface area contributed by atoms with Gasteiger partial charge in [0.2, 0.25) is 0 Å². The Labute approximate surface area is 85.0 Å². The van der Waals surface area contributed by atoms with Crippen molar-refractivity contribution in [3.8, 4) is 11.8 Å². The lowest BCUT2D eigenvalue weighted by molar-refractivity contribution is -0.116. The van der Waals surface area contributed by atoms with Crippen molar-refractivity contribution in [2.45, 2.75) is 45.6 Å². The summed E-state index contributed by atoms with van der Waals surface area (Å²) >= 11 is 0. The van der Waals surface area contributed by atoms with Crippen LogP contribution in [0.2, 0.25) is 0 Å². The Balaban J connectivity index is 2.91. The molecule has 1 rings (SSSR count). The second kappa shape index (κ2) is 3.98. The number of aliphatic hydroxyl groups is 1. The van der Waals surface area contributed by atoms with E-state index in [9.17, 15) is 9.90 Å². The van der Waals surface area contributed by atoms with Gasteiger partial charge in [-0.15, -0.1) is 0 Å². The Morgan fingerprint density at radius 2 is 2.00 bits per heavy atom. The van der Waals surface area contributed by atoms with Crippen LogP contribution in [0.3, 0.4) is 0 Å². The monoisotopic (exact) mass is 192 g/mol. The van der Waals surface area contributed by atoms with Crippen LogP contribution in [0.15, 0.2) is 11.1 Å². The largest absolute Gasteiger partial charge is 0.378 e. The average molecular weight is 192 g/mol. The first-order valence-electron chi connectivity index (χ1n) is 4.88. The maximum Gasteiger partial charge on any atom is 0.159 e. The lowest BCUT2D eigenvalue weighted by atomic mass is 9.91. The standard InChI is InChI=1S/C12H16O2/c1-9-10(5-4-6-11(9)13)7-8-12(2,3)14/h14H,4-6H2,1-3H3. The molecule has 0 saturated carbocycles. The molecule has 0 aliphatic heterocycles. The number of hydrogen-bond donors (Lipinski definition) is 1. The fourth-order valence-electron chi connectivity index (χ4n) is 1.35. The van der Waals surface area contributed by atoms with E-state index in [2.05, 4.69) is 11.8 Å². The maximum absolute atomic E-state index is 11.3. The van der Waals surface area contributed by atoms with E-state index in [0.29, 0.717) is 6.42 Å². The molecule has 0 radical (unpaired) electrons. The predicted octanol–water partition coefficient (Wildman–Crippen LogP) is 1.83. The molecule has 0 aromatic heterocycles. The van der Waals surface area contributed by atoms with Crippen LogP contribution in [0.1, 0.15) is 40.0 Å². The van der Waals surface area contributed by atoms with Crippen molar-refractivity contribution < 1.29 is 9.90 Å². The van der Waals surface area contributed by atoms with E-state index in [1.54, 1.807) is 13.8 Å². The average Bonchev–Trinajstić information content (AvgIpc) is 2.06. The van der Waals surface area contributed by atoms with E-state index < -0.39 is 5.60 Å². The molecule has 76 valence electrons. The number of ketones is 1. The molecule has 1 aliphatic carbocycles. The number of carbonyl (C=O) groups is 1. The first-order valence-corrected chi connectivity index (χ1v) is 4.88. The molecule has 0 bridgehead atoms. The van der Waals surface area contributed by atoms with Crippen LogP contribution >= 0.6 is 0 Å². The normalized spacial score (nSPS) is 17.9. The van der Waals surface area contributed by atoms with E-state index in [0.717, 1.165) is 24.0 Å². The highest BCUT2D eigenvalue weighted by molar-refractivity contribution is 5.97. The summed E-state index contributed by atoms with van der Waals surface area (Å²) in [5.41, 5.74) is 0.685. The summed E-state index contributed by atoms with van der Waals surface area (Å²) in [6.07, 6.45) is 2.38. The molecule has 0 saturated heterocycles. The summed E-state index contributed by atoms with van der Waals surface area (Å²) in [7, 11) is 0. The van der Waals surface area contributed by atoms with Gasteiger partial charge in [0, 0.05) is 17.6 Å². The van der Waals surface area contributed by atoms with Crippen molar-refractivity contribution in [3.05, 3.63) is 11.1 Å². The molecule has 14 heavy (non-hydrogen) atoms. The predicted molar refractivity (Wildman–Crippen MR) is 55.6 cm³/mol. The van der Waals surface area contributed by atoms with Gasteiger partial charge < -0.3 is 5.11 Å². The molecule has 0 heterocycles. The fourth-order valence-corrected chi connectivity index (χ4v) is 1.35. The van der Waals surface area contributed by atoms with E-state index in [4.69, 9.17) is 0 Å². The van der Waals surface area contributed by atoms with Crippen LogP contribution in [0.4, 0.5) is 0 Å². The van der Waals surface area contributed by atoms with Gasteiger partial charge in [-0.2, -0.15) is 0 Å². The molecule has 2 heteroatoms. The van der Waals surface area contributed by atoms with Gasteiger partial charge in [0.1, 0.15) is 5.60 Å². The first-order chi connectivity index (χ1) is 6.40. The topological polar surface area (TPSA) is 37.3 Å². The van der Waals surface area contributed by atoms with E-state index in [1.165, 1.54) is 0 Å². The third kappa shape index (κ3) is 3.01. The smallest absolute Gasteiger partial charge is 0.159 e. The van der Waals surface area contributed by atoms with E-state index in [-0.39, 0.29) is 5.78 Å². The van der Waals surface area contributed by atoms with Gasteiger partial charge in [-0.05, 0) is 33.6 Å². The Morgan fingerprint density at radius 1 is 1.36 bits per heavy atom. The summed E-state index contributed by atoms with van der Waals surface area (Å²) in [6, 6.07) is 0. The number of carbonyl (C=O) groups excluding carboxylic acids is 1. The van der Waals surface area contributed by atoms with Crippen LogP contribution < -0.4 is 0 Å². The zero-order chi connectivity index (χ0) is 10.8. The molecule has 0 atom stereocenters. The molecule has 1 N–H and O–H groups in total. The molecular weight excluding hydrogens is 176 g/mol. The maximum atomic E-state index is 11.3. The highest BCUT2D eigenvalue weighted by Crippen LogP contribution is 2.21. The van der Waals surface area contributed by atoms with Gasteiger partial charge in [0.25, 0.3) is 0 Å². The van der Waals surface area contributed by atoms with Gasteiger partial charge in [-0.25, -0.2) is 0 Å². The van der Waals surface area contributed by atoms with Crippen LogP contribution in [0.5, 0.6) is 0 Å². The van der Waals surface area contributed by atoms with E-state index in [1.807, 2.05) is 6.92 Å². The van der Waals surface area contributed by atoms with Crippen molar-refractivity contribution in [1.82, 2.24) is 0 Å². The van der Waals surface area contributed by atoms with Crippen molar-refractivity contribution in [3.63, 3.8) is 0 Å². The minimum atomic E-state index is -0.978. The number of rotatable bonds is 0. The Hall–Kier alpha value is -1.07. The number of Topliss-reactive ketones (excluding diaryl/α,β-unsaturated/α-hetero) is 1. The van der Waals surface area contributed by atoms with Gasteiger partial charge in [0.05, 0.1) is 0 Å². The second-order valence-corrected chi connectivity index (χ2v) is 4.19. The Morgan fingerprint density at radius 3 is 2.57 bits per heavy atom. The van der Waals surface area contributed by atoms with Gasteiger partial charge in [-0.3, -0.25) is 4.79 Å². The summed E-state index contributed by atoms with van der Waals surface area (Å²) in [5.74, 6) is 5.83. The third-order valence-electron chi connectivity index (χ3n) is 2.22. The molecule has 2 nitrogen and oxygen atoms in total. The molecule has 1 aliphatic rings. The summed E-state index contributed by atoms with van der Waals surface area (Å²) in [4.78, 5) is 11.3. The quantitative estimate of drug-likeness (QED) is 0.594. The molecule has 0 amide bonds. The highest BCUT2D eigenvalue weighted by Gasteiger charge is 2.15. The van der Waals surface area contributed by atoms with Gasteiger partial charge in [-0.1, -0.05) is 11.8 Å². The van der Waals surface area contributed by atoms with Crippen LogP contribution in [0, 0.1) is 11.8 Å². The summed E-state index contributed by atoms with van der Waals surface area (Å²) in [5, 5.41) is 9.42. The Bertz CT molecular complexity index is 332. The van der Waals surface area contributed by atoms with Gasteiger partial charge in [0.15, 0.2) is 5.78 Å². The van der Waals surface area contributed by atoms with Crippen molar-refractivity contribution in [2.24, 2.45) is 0 Å². The van der Waals surface area contributed by atoms with Crippen LogP contribution in [0.25, 0.3) is 0 Å². The second-order valence-electron chi connectivity index (χ2n) is 4.19. The third-order valence-corrected chi connectivity index (χ3v) is 2.22. The van der Waals surface area contributed by atoms with Crippen molar-refractivity contribution in [2.75, 3.05) is 0 Å². The molecular formula is C12H16O2. The first kappa shape index (κ1) is 11.0. The SMILES string of the molecule is CC1=C(C#CC(C)(C)O)CCCC1=O. The zero-order valence-electron chi connectivity index (χ0n) is 8.98. The zero-order valence-corrected chi connectivity index (χ0v) is 8.98. The fraction of sp³-hybridized carbons (Fsp3) is 0.583.